The number of aryl methyl sites for hydroxylation is 1. The SMILES string of the molecule is Cn1cc([C@H]2COC3(CCN(C(=O)c4ccsc4)CC3)C2)cn1. The largest absolute Gasteiger partial charge is 0.374 e. The zero-order chi connectivity index (χ0) is 15.9. The minimum absolute atomic E-state index is 0.0497. The molecule has 2 aliphatic rings. The van der Waals surface area contributed by atoms with E-state index < -0.39 is 0 Å². The first-order chi connectivity index (χ1) is 11.2. The summed E-state index contributed by atoms with van der Waals surface area (Å²) in [7, 11) is 1.95. The van der Waals surface area contributed by atoms with Gasteiger partial charge in [-0.05, 0) is 36.3 Å². The van der Waals surface area contributed by atoms with Gasteiger partial charge in [-0.1, -0.05) is 0 Å². The number of rotatable bonds is 2. The summed E-state index contributed by atoms with van der Waals surface area (Å²) in [4.78, 5) is 14.4. The second-order valence-corrected chi connectivity index (χ2v) is 7.43. The number of ether oxygens (including phenoxy) is 1. The Kier molecular flexibility index (Phi) is 3.73. The summed E-state index contributed by atoms with van der Waals surface area (Å²) in [5.41, 5.74) is 2.03. The average Bonchev–Trinajstić information content (AvgIpc) is 3.28. The van der Waals surface area contributed by atoms with Gasteiger partial charge in [0.1, 0.15) is 0 Å². The maximum absolute atomic E-state index is 12.4. The van der Waals surface area contributed by atoms with E-state index in [0.29, 0.717) is 5.92 Å². The van der Waals surface area contributed by atoms with E-state index in [0.717, 1.165) is 44.5 Å². The fraction of sp³-hybridized carbons (Fsp3) is 0.529. The van der Waals surface area contributed by atoms with Crippen LogP contribution in [0.4, 0.5) is 0 Å². The minimum atomic E-state index is -0.0497. The van der Waals surface area contributed by atoms with Crippen LogP contribution in [-0.4, -0.2) is 45.9 Å². The van der Waals surface area contributed by atoms with Crippen LogP contribution in [0.5, 0.6) is 0 Å². The smallest absolute Gasteiger partial charge is 0.254 e. The summed E-state index contributed by atoms with van der Waals surface area (Å²) in [6.45, 7) is 2.34. The number of carbonyl (C=O) groups is 1. The van der Waals surface area contributed by atoms with Crippen molar-refractivity contribution in [1.82, 2.24) is 14.7 Å². The van der Waals surface area contributed by atoms with Crippen LogP contribution in [0.2, 0.25) is 0 Å². The first-order valence-electron chi connectivity index (χ1n) is 8.09. The Morgan fingerprint density at radius 1 is 1.43 bits per heavy atom. The van der Waals surface area contributed by atoms with Crippen molar-refractivity contribution in [2.45, 2.75) is 30.8 Å². The maximum atomic E-state index is 12.4. The Morgan fingerprint density at radius 3 is 2.91 bits per heavy atom. The molecule has 2 aliphatic heterocycles. The van der Waals surface area contributed by atoms with Gasteiger partial charge in [-0.2, -0.15) is 16.4 Å². The highest BCUT2D eigenvalue weighted by Crippen LogP contribution is 2.42. The molecule has 1 spiro atoms. The molecule has 2 aromatic rings. The lowest BCUT2D eigenvalue weighted by atomic mass is 9.84. The summed E-state index contributed by atoms with van der Waals surface area (Å²) in [5, 5.41) is 8.15. The summed E-state index contributed by atoms with van der Waals surface area (Å²) in [6, 6.07) is 1.90. The highest BCUT2D eigenvalue weighted by atomic mass is 32.1. The number of carbonyl (C=O) groups excluding carboxylic acids is 1. The molecule has 5 nitrogen and oxygen atoms in total. The highest BCUT2D eigenvalue weighted by molar-refractivity contribution is 7.08. The average molecular weight is 331 g/mol. The third kappa shape index (κ3) is 2.81. The van der Waals surface area contributed by atoms with Crippen LogP contribution >= 0.6 is 11.3 Å². The van der Waals surface area contributed by atoms with Crippen molar-refractivity contribution < 1.29 is 9.53 Å². The molecule has 1 atom stereocenters. The number of amides is 1. The molecule has 122 valence electrons. The van der Waals surface area contributed by atoms with Crippen LogP contribution in [0.1, 0.15) is 41.1 Å². The molecule has 0 unspecified atom stereocenters. The first kappa shape index (κ1) is 14.9. The van der Waals surface area contributed by atoms with Gasteiger partial charge < -0.3 is 9.64 Å². The third-order valence-electron chi connectivity index (χ3n) is 5.14. The number of hydrogen-bond acceptors (Lipinski definition) is 4. The molecule has 2 fully saturated rings. The Hall–Kier alpha value is -1.66. The Labute approximate surface area is 139 Å². The monoisotopic (exact) mass is 331 g/mol. The molecule has 2 aromatic heterocycles. The molecule has 0 aliphatic carbocycles. The fourth-order valence-corrected chi connectivity index (χ4v) is 4.37. The summed E-state index contributed by atoms with van der Waals surface area (Å²) < 4.78 is 8.05. The molecule has 0 N–H and O–H groups in total. The first-order valence-corrected chi connectivity index (χ1v) is 9.03. The van der Waals surface area contributed by atoms with Crippen molar-refractivity contribution in [3.05, 3.63) is 40.3 Å². The van der Waals surface area contributed by atoms with Crippen molar-refractivity contribution >= 4 is 17.2 Å². The molecule has 1 amide bonds. The molecule has 6 heteroatoms. The van der Waals surface area contributed by atoms with Crippen LogP contribution in [0.25, 0.3) is 0 Å². The number of piperidine rings is 1. The minimum Gasteiger partial charge on any atom is -0.374 e. The van der Waals surface area contributed by atoms with Crippen LogP contribution < -0.4 is 0 Å². The summed E-state index contributed by atoms with van der Waals surface area (Å²) in [5.74, 6) is 0.589. The Morgan fingerprint density at radius 2 is 2.26 bits per heavy atom. The lowest BCUT2D eigenvalue weighted by molar-refractivity contribution is -0.0388. The van der Waals surface area contributed by atoms with Crippen molar-refractivity contribution in [3.8, 4) is 0 Å². The molecule has 0 radical (unpaired) electrons. The van der Waals surface area contributed by atoms with E-state index in [4.69, 9.17) is 4.74 Å². The standard InChI is InChI=1S/C17H21N3O2S/c1-19-10-15(9-18-19)14-8-17(22-11-14)3-5-20(6-4-17)16(21)13-2-7-23-12-13/h2,7,9-10,12,14H,3-6,8,11H2,1H3/t14-/m1/s1. The van der Waals surface area contributed by atoms with Gasteiger partial charge in [-0.3, -0.25) is 9.48 Å². The van der Waals surface area contributed by atoms with Gasteiger partial charge in [0.2, 0.25) is 0 Å². The van der Waals surface area contributed by atoms with E-state index in [1.54, 1.807) is 11.3 Å². The van der Waals surface area contributed by atoms with Crippen LogP contribution in [0.3, 0.4) is 0 Å². The van der Waals surface area contributed by atoms with Crippen molar-refractivity contribution in [1.29, 1.82) is 0 Å². The zero-order valence-corrected chi connectivity index (χ0v) is 14.1. The van der Waals surface area contributed by atoms with E-state index >= 15 is 0 Å². The van der Waals surface area contributed by atoms with E-state index in [2.05, 4.69) is 11.3 Å². The predicted molar refractivity (Wildman–Crippen MR) is 88.7 cm³/mol. The fourth-order valence-electron chi connectivity index (χ4n) is 3.74. The van der Waals surface area contributed by atoms with Gasteiger partial charge in [0, 0.05) is 37.6 Å². The molecule has 4 heterocycles. The maximum Gasteiger partial charge on any atom is 0.254 e. The number of thiophene rings is 1. The van der Waals surface area contributed by atoms with Crippen molar-refractivity contribution in [2.75, 3.05) is 19.7 Å². The molecule has 4 rings (SSSR count). The van der Waals surface area contributed by atoms with Gasteiger partial charge in [-0.25, -0.2) is 0 Å². The Bertz CT molecular complexity index is 687. The molecular weight excluding hydrogens is 310 g/mol. The van der Waals surface area contributed by atoms with Crippen LogP contribution in [0, 0.1) is 0 Å². The third-order valence-corrected chi connectivity index (χ3v) is 5.82. The predicted octanol–water partition coefficient (Wildman–Crippen LogP) is 2.66. The number of aromatic nitrogens is 2. The van der Waals surface area contributed by atoms with E-state index in [-0.39, 0.29) is 11.5 Å². The zero-order valence-electron chi connectivity index (χ0n) is 13.3. The number of likely N-dealkylation sites (tertiary alicyclic amines) is 1. The molecular formula is C17H21N3O2S. The highest BCUT2D eigenvalue weighted by Gasteiger charge is 2.44. The molecule has 0 bridgehead atoms. The Balaban J connectivity index is 1.39. The van der Waals surface area contributed by atoms with Gasteiger partial charge >= 0.3 is 0 Å². The lowest BCUT2D eigenvalue weighted by Gasteiger charge is -2.38. The van der Waals surface area contributed by atoms with Crippen LogP contribution in [0.15, 0.2) is 29.2 Å². The van der Waals surface area contributed by atoms with Gasteiger partial charge in [0.25, 0.3) is 5.91 Å². The molecule has 0 saturated carbocycles. The molecule has 23 heavy (non-hydrogen) atoms. The quantitative estimate of drug-likeness (QED) is 0.850. The lowest BCUT2D eigenvalue weighted by Crippen LogP contribution is -2.46. The van der Waals surface area contributed by atoms with E-state index in [9.17, 15) is 4.79 Å². The topological polar surface area (TPSA) is 47.4 Å². The van der Waals surface area contributed by atoms with Crippen molar-refractivity contribution in [3.63, 3.8) is 0 Å². The van der Waals surface area contributed by atoms with Crippen LogP contribution in [-0.2, 0) is 11.8 Å². The number of nitrogens with zero attached hydrogens (tertiary/aromatic N) is 3. The second kappa shape index (κ2) is 5.76. The summed E-state index contributed by atoms with van der Waals surface area (Å²) >= 11 is 1.57. The molecule has 2 saturated heterocycles. The van der Waals surface area contributed by atoms with E-state index in [1.807, 2.05) is 39.7 Å². The molecule has 0 aromatic carbocycles. The van der Waals surface area contributed by atoms with Gasteiger partial charge in [-0.15, -0.1) is 0 Å². The number of hydrogen-bond donors (Lipinski definition) is 0. The summed E-state index contributed by atoms with van der Waals surface area (Å²) in [6.07, 6.45) is 6.93. The van der Waals surface area contributed by atoms with E-state index in [1.165, 1.54) is 5.56 Å². The van der Waals surface area contributed by atoms with Gasteiger partial charge in [0.15, 0.2) is 0 Å². The normalized spacial score (nSPS) is 23.5. The second-order valence-electron chi connectivity index (χ2n) is 6.65. The van der Waals surface area contributed by atoms with Gasteiger partial charge in [0.05, 0.1) is 24.0 Å². The van der Waals surface area contributed by atoms with Crippen molar-refractivity contribution in [2.24, 2.45) is 7.05 Å².